The van der Waals surface area contributed by atoms with Crippen LogP contribution in [0.25, 0.3) is 22.3 Å². The molecule has 3 aromatic rings. The summed E-state index contributed by atoms with van der Waals surface area (Å²) in [5.41, 5.74) is 5.62. The topological polar surface area (TPSA) is 155 Å². The molecular weight excluding hydrogens is 574 g/mol. The third-order valence-corrected chi connectivity index (χ3v) is 8.12. The SMILES string of the molecule is C=C[C@@H]1C[C@]1(NC(=O)[C@@H]1C[C@@H](Oc2cc(-c3csc(N)n3)nc3cc(OC)ccc23)CN1C(=O)OC(C)(C)C)C(=O)OC. The molecule has 228 valence electrons. The fourth-order valence-electron chi connectivity index (χ4n) is 5.26. The number of anilines is 1. The van der Waals surface area contributed by atoms with Crippen molar-refractivity contribution in [2.75, 3.05) is 26.5 Å². The van der Waals surface area contributed by atoms with Gasteiger partial charge in [0.05, 0.1) is 32.0 Å². The molecule has 3 heterocycles. The van der Waals surface area contributed by atoms with Crippen molar-refractivity contribution in [2.24, 2.45) is 5.92 Å². The molecule has 0 bridgehead atoms. The van der Waals surface area contributed by atoms with Crippen molar-refractivity contribution in [2.45, 2.75) is 56.9 Å². The Kier molecular flexibility index (Phi) is 7.95. The Labute approximate surface area is 253 Å². The molecule has 3 N–H and O–H groups in total. The van der Waals surface area contributed by atoms with Gasteiger partial charge in [0, 0.05) is 35.2 Å². The summed E-state index contributed by atoms with van der Waals surface area (Å²) in [6.07, 6.45) is 0.878. The number of nitrogen functional groups attached to an aromatic ring is 1. The number of amides is 2. The number of carbonyl (C=O) groups is 3. The number of hydrogen-bond donors (Lipinski definition) is 2. The lowest BCUT2D eigenvalue weighted by atomic mass is 10.1. The van der Waals surface area contributed by atoms with Crippen LogP contribution in [0, 0.1) is 5.92 Å². The number of hydrogen-bond acceptors (Lipinski definition) is 11. The summed E-state index contributed by atoms with van der Waals surface area (Å²) in [7, 11) is 2.84. The Bertz CT molecular complexity index is 1580. The van der Waals surface area contributed by atoms with E-state index in [-0.39, 0.29) is 18.9 Å². The second-order valence-corrected chi connectivity index (χ2v) is 12.5. The van der Waals surface area contributed by atoms with E-state index >= 15 is 0 Å². The van der Waals surface area contributed by atoms with Crippen LogP contribution in [0.5, 0.6) is 11.5 Å². The van der Waals surface area contributed by atoms with Gasteiger partial charge in [-0.15, -0.1) is 17.9 Å². The van der Waals surface area contributed by atoms with Crippen molar-refractivity contribution < 1.29 is 33.3 Å². The first-order valence-electron chi connectivity index (χ1n) is 13.8. The monoisotopic (exact) mass is 609 g/mol. The number of rotatable bonds is 8. The van der Waals surface area contributed by atoms with Crippen LogP contribution in [0.3, 0.4) is 0 Å². The molecule has 2 aliphatic rings. The van der Waals surface area contributed by atoms with E-state index in [0.29, 0.717) is 45.3 Å². The van der Waals surface area contributed by atoms with Crippen LogP contribution in [0.1, 0.15) is 33.6 Å². The number of ether oxygens (including phenoxy) is 4. The summed E-state index contributed by atoms with van der Waals surface area (Å²) in [6.45, 7) is 9.08. The van der Waals surface area contributed by atoms with Gasteiger partial charge in [0.2, 0.25) is 5.91 Å². The van der Waals surface area contributed by atoms with Crippen LogP contribution in [-0.2, 0) is 19.1 Å². The molecule has 4 atom stereocenters. The molecule has 1 aromatic carbocycles. The van der Waals surface area contributed by atoms with E-state index in [0.717, 1.165) is 0 Å². The third-order valence-electron chi connectivity index (χ3n) is 7.45. The fraction of sp³-hybridized carbons (Fsp3) is 0.433. The number of nitrogens with one attached hydrogen (secondary N) is 1. The molecule has 13 heteroatoms. The van der Waals surface area contributed by atoms with Gasteiger partial charge in [-0.2, -0.15) is 0 Å². The number of thiazole rings is 1. The van der Waals surface area contributed by atoms with E-state index in [4.69, 9.17) is 29.7 Å². The number of pyridine rings is 1. The Morgan fingerprint density at radius 2 is 1.95 bits per heavy atom. The predicted octanol–water partition coefficient (Wildman–Crippen LogP) is 3.94. The molecular formula is C30H35N5O7S. The number of esters is 1. The summed E-state index contributed by atoms with van der Waals surface area (Å²) in [6, 6.07) is 6.23. The highest BCUT2D eigenvalue weighted by atomic mass is 32.1. The molecule has 43 heavy (non-hydrogen) atoms. The Morgan fingerprint density at radius 3 is 2.56 bits per heavy atom. The van der Waals surface area contributed by atoms with E-state index in [9.17, 15) is 14.4 Å². The molecule has 2 amide bonds. The van der Waals surface area contributed by atoms with Crippen molar-refractivity contribution in [3.63, 3.8) is 0 Å². The van der Waals surface area contributed by atoms with Crippen LogP contribution in [0.15, 0.2) is 42.3 Å². The molecule has 1 aliphatic carbocycles. The second-order valence-electron chi connectivity index (χ2n) is 11.6. The zero-order chi connectivity index (χ0) is 31.1. The first-order chi connectivity index (χ1) is 20.4. The van der Waals surface area contributed by atoms with Gasteiger partial charge in [-0.1, -0.05) is 6.08 Å². The van der Waals surface area contributed by atoms with E-state index in [2.05, 4.69) is 16.9 Å². The molecule has 2 aromatic heterocycles. The number of carbonyl (C=O) groups excluding carboxylic acids is 3. The Balaban J connectivity index is 1.46. The van der Waals surface area contributed by atoms with Crippen molar-refractivity contribution in [3.05, 3.63) is 42.3 Å². The van der Waals surface area contributed by atoms with Gasteiger partial charge < -0.3 is 30.0 Å². The summed E-state index contributed by atoms with van der Waals surface area (Å²) >= 11 is 1.30. The van der Waals surface area contributed by atoms with E-state index in [1.54, 1.807) is 57.5 Å². The Hall–Kier alpha value is -4.39. The molecule has 0 spiro atoms. The summed E-state index contributed by atoms with van der Waals surface area (Å²) < 4.78 is 22.5. The van der Waals surface area contributed by atoms with E-state index in [1.165, 1.54) is 23.3 Å². The van der Waals surface area contributed by atoms with Crippen molar-refractivity contribution >= 4 is 45.3 Å². The normalized spacial score (nSPS) is 23.0. The van der Waals surface area contributed by atoms with Crippen LogP contribution in [-0.4, -0.2) is 76.9 Å². The lowest BCUT2D eigenvalue weighted by Crippen LogP contribution is -2.53. The number of fused-ring (bicyclic) bond motifs is 1. The average Bonchev–Trinajstić information content (AvgIpc) is 3.25. The van der Waals surface area contributed by atoms with Gasteiger partial charge in [-0.05, 0) is 39.3 Å². The van der Waals surface area contributed by atoms with E-state index in [1.807, 2.05) is 6.07 Å². The first kappa shape index (κ1) is 30.1. The smallest absolute Gasteiger partial charge is 0.411 e. The van der Waals surface area contributed by atoms with Gasteiger partial charge in [0.25, 0.3) is 0 Å². The number of methoxy groups -OCH3 is 2. The Morgan fingerprint density at radius 1 is 1.19 bits per heavy atom. The summed E-state index contributed by atoms with van der Waals surface area (Å²) in [4.78, 5) is 50.0. The van der Waals surface area contributed by atoms with Gasteiger partial charge in [0.1, 0.15) is 40.5 Å². The molecule has 1 saturated carbocycles. The number of nitrogens with zero attached hydrogens (tertiary/aromatic N) is 3. The van der Waals surface area contributed by atoms with Crippen LogP contribution < -0.4 is 20.5 Å². The highest BCUT2D eigenvalue weighted by Gasteiger charge is 2.62. The summed E-state index contributed by atoms with van der Waals surface area (Å²) in [5.74, 6) is -0.231. The van der Waals surface area contributed by atoms with Crippen molar-refractivity contribution in [1.29, 1.82) is 0 Å². The maximum absolute atomic E-state index is 13.7. The quantitative estimate of drug-likeness (QED) is 0.283. The van der Waals surface area contributed by atoms with Gasteiger partial charge in [-0.25, -0.2) is 19.6 Å². The number of likely N-dealkylation sites (tertiary alicyclic amines) is 1. The lowest BCUT2D eigenvalue weighted by molar-refractivity contribution is -0.147. The predicted molar refractivity (Wildman–Crippen MR) is 161 cm³/mol. The first-order valence-corrected chi connectivity index (χ1v) is 14.6. The fourth-order valence-corrected chi connectivity index (χ4v) is 5.81. The largest absolute Gasteiger partial charge is 0.497 e. The highest BCUT2D eigenvalue weighted by molar-refractivity contribution is 7.13. The average molecular weight is 610 g/mol. The molecule has 0 radical (unpaired) electrons. The molecule has 12 nitrogen and oxygen atoms in total. The zero-order valence-electron chi connectivity index (χ0n) is 24.7. The minimum atomic E-state index is -1.21. The van der Waals surface area contributed by atoms with Crippen molar-refractivity contribution in [1.82, 2.24) is 20.2 Å². The molecule has 1 saturated heterocycles. The zero-order valence-corrected chi connectivity index (χ0v) is 25.5. The lowest BCUT2D eigenvalue weighted by Gasteiger charge is -2.28. The molecule has 0 unspecified atom stereocenters. The van der Waals surface area contributed by atoms with Crippen LogP contribution >= 0.6 is 11.3 Å². The van der Waals surface area contributed by atoms with Gasteiger partial charge in [0.15, 0.2) is 5.13 Å². The van der Waals surface area contributed by atoms with Gasteiger partial charge in [-0.3, -0.25) is 9.69 Å². The molecule has 2 fully saturated rings. The molecule has 1 aliphatic heterocycles. The summed E-state index contributed by atoms with van der Waals surface area (Å²) in [5, 5.41) is 5.75. The number of aromatic nitrogens is 2. The standard InChI is InChI=1S/C30H35N5O7S/c1-7-16-13-30(16,26(37)40-6)34-25(36)23-11-18(14-35(23)28(38)42-29(2,3)4)41-24-12-21(22-15-43-27(31)33-22)32-20-10-17(39-5)8-9-19(20)24/h7-10,12,15-16,18,23H,1,11,13-14H2,2-6H3,(H2,31,33)(H,34,36)/t16-,18-,23+,30-/m1/s1. The van der Waals surface area contributed by atoms with Crippen LogP contribution in [0.4, 0.5) is 9.93 Å². The van der Waals surface area contributed by atoms with E-state index < -0.39 is 41.3 Å². The molecule has 5 rings (SSSR count). The second kappa shape index (κ2) is 11.4. The van der Waals surface area contributed by atoms with Gasteiger partial charge >= 0.3 is 12.1 Å². The minimum absolute atomic E-state index is 0.0715. The van der Waals surface area contributed by atoms with Crippen LogP contribution in [0.2, 0.25) is 0 Å². The maximum atomic E-state index is 13.7. The number of nitrogens with two attached hydrogens (primary N) is 1. The minimum Gasteiger partial charge on any atom is -0.497 e. The third kappa shape index (κ3) is 6.07. The highest BCUT2D eigenvalue weighted by Crippen LogP contribution is 2.45. The maximum Gasteiger partial charge on any atom is 0.411 e. The number of benzene rings is 1. The van der Waals surface area contributed by atoms with Crippen molar-refractivity contribution in [3.8, 4) is 22.9 Å².